The second-order valence-electron chi connectivity index (χ2n) is 5.89. The minimum atomic E-state index is -1.03. The number of halogens is 1. The van der Waals surface area contributed by atoms with Crippen LogP contribution in [0, 0.1) is 0 Å². The number of ether oxygens (including phenoxy) is 1. The van der Waals surface area contributed by atoms with Gasteiger partial charge < -0.3 is 15.0 Å². The highest BCUT2D eigenvalue weighted by atomic mass is 19.1. The summed E-state index contributed by atoms with van der Waals surface area (Å²) in [6.45, 7) is 8.78. The monoisotopic (exact) mass is 260 g/mol. The Balaban J connectivity index is 2.67. The maximum atomic E-state index is 13.2. The average molecular weight is 260 g/mol. The summed E-state index contributed by atoms with van der Waals surface area (Å²) in [6.07, 6.45) is 0.268. The molecular weight excluding hydrogens is 235 g/mol. The van der Waals surface area contributed by atoms with E-state index in [1.807, 2.05) is 20.8 Å². The van der Waals surface area contributed by atoms with Crippen LogP contribution in [0.3, 0.4) is 0 Å². The normalized spacial score (nSPS) is 19.4. The molecule has 1 unspecified atom stereocenters. The molecule has 18 heavy (non-hydrogen) atoms. The van der Waals surface area contributed by atoms with Gasteiger partial charge in [-0.3, -0.25) is 0 Å². The van der Waals surface area contributed by atoms with Crippen molar-refractivity contribution in [3.8, 4) is 0 Å². The van der Waals surface area contributed by atoms with Crippen LogP contribution in [0.2, 0.25) is 0 Å². The highest BCUT2D eigenvalue weighted by molar-refractivity contribution is 5.68. The molecule has 1 aliphatic rings. The van der Waals surface area contributed by atoms with E-state index in [4.69, 9.17) is 4.74 Å². The third-order valence-corrected chi connectivity index (χ3v) is 2.83. The van der Waals surface area contributed by atoms with E-state index < -0.39 is 17.9 Å². The summed E-state index contributed by atoms with van der Waals surface area (Å²) in [5, 5.41) is 3.24. The summed E-state index contributed by atoms with van der Waals surface area (Å²) in [6, 6.07) is 0.0827. The Morgan fingerprint density at radius 1 is 1.44 bits per heavy atom. The van der Waals surface area contributed by atoms with Crippen LogP contribution in [-0.4, -0.2) is 48.4 Å². The van der Waals surface area contributed by atoms with Gasteiger partial charge in [-0.15, -0.1) is 0 Å². The van der Waals surface area contributed by atoms with Crippen molar-refractivity contribution in [1.82, 2.24) is 10.2 Å². The van der Waals surface area contributed by atoms with Gasteiger partial charge in [0.25, 0.3) is 0 Å². The minimum absolute atomic E-state index is 0.0827. The van der Waals surface area contributed by atoms with Crippen molar-refractivity contribution in [2.45, 2.75) is 58.4 Å². The van der Waals surface area contributed by atoms with Crippen molar-refractivity contribution in [2.24, 2.45) is 0 Å². The molecule has 1 saturated heterocycles. The molecule has 5 heteroatoms. The predicted octanol–water partition coefficient (Wildman–Crippen LogP) is 2.33. The maximum Gasteiger partial charge on any atom is 0.410 e. The fourth-order valence-corrected chi connectivity index (χ4v) is 2.08. The SMILES string of the molecule is CC(F)CN(C(=O)OC(C)(C)C)C1CCNCC1. The van der Waals surface area contributed by atoms with Crippen LogP contribution in [0.1, 0.15) is 40.5 Å². The molecule has 0 aromatic heterocycles. The number of piperidine rings is 1. The molecule has 0 bridgehead atoms. The first-order valence-corrected chi connectivity index (χ1v) is 6.64. The first kappa shape index (κ1) is 15.2. The van der Waals surface area contributed by atoms with Crippen LogP contribution in [0.4, 0.5) is 9.18 Å². The van der Waals surface area contributed by atoms with Crippen molar-refractivity contribution in [2.75, 3.05) is 19.6 Å². The molecule has 1 aliphatic heterocycles. The number of nitrogens with one attached hydrogen (secondary N) is 1. The Bertz CT molecular complexity index is 271. The Morgan fingerprint density at radius 2 is 2.00 bits per heavy atom. The van der Waals surface area contributed by atoms with E-state index in [9.17, 15) is 9.18 Å². The number of amides is 1. The maximum absolute atomic E-state index is 13.2. The summed E-state index contributed by atoms with van der Waals surface area (Å²) >= 11 is 0. The molecule has 1 amide bonds. The van der Waals surface area contributed by atoms with E-state index in [2.05, 4.69) is 5.32 Å². The van der Waals surface area contributed by atoms with Crippen LogP contribution >= 0.6 is 0 Å². The highest BCUT2D eigenvalue weighted by Crippen LogP contribution is 2.17. The van der Waals surface area contributed by atoms with Gasteiger partial charge in [0.2, 0.25) is 0 Å². The lowest BCUT2D eigenvalue weighted by Gasteiger charge is -2.36. The zero-order valence-corrected chi connectivity index (χ0v) is 11.8. The van der Waals surface area contributed by atoms with Gasteiger partial charge in [-0.2, -0.15) is 0 Å². The zero-order chi connectivity index (χ0) is 13.8. The molecule has 1 heterocycles. The molecular formula is C13H25FN2O2. The molecule has 0 saturated carbocycles. The van der Waals surface area contributed by atoms with Gasteiger partial charge in [-0.05, 0) is 53.6 Å². The lowest BCUT2D eigenvalue weighted by molar-refractivity contribution is 0.00788. The van der Waals surface area contributed by atoms with E-state index in [0.717, 1.165) is 25.9 Å². The Labute approximate surface area is 109 Å². The summed E-state index contributed by atoms with van der Waals surface area (Å²) in [4.78, 5) is 13.7. The zero-order valence-electron chi connectivity index (χ0n) is 11.8. The third kappa shape index (κ3) is 5.21. The van der Waals surface area contributed by atoms with Crippen molar-refractivity contribution in [1.29, 1.82) is 0 Å². The van der Waals surface area contributed by atoms with Gasteiger partial charge in [0.15, 0.2) is 0 Å². The largest absolute Gasteiger partial charge is 0.444 e. The van der Waals surface area contributed by atoms with Crippen LogP contribution in [0.5, 0.6) is 0 Å². The molecule has 0 aromatic carbocycles. The van der Waals surface area contributed by atoms with Gasteiger partial charge in [0, 0.05) is 6.04 Å². The second-order valence-corrected chi connectivity index (χ2v) is 5.89. The molecule has 0 radical (unpaired) electrons. The summed E-state index contributed by atoms with van der Waals surface area (Å²) in [5.74, 6) is 0. The number of carbonyl (C=O) groups excluding carboxylic acids is 1. The molecule has 4 nitrogen and oxygen atoms in total. The number of carbonyl (C=O) groups is 1. The Hall–Kier alpha value is -0.840. The van der Waals surface area contributed by atoms with E-state index in [1.165, 1.54) is 6.92 Å². The topological polar surface area (TPSA) is 41.6 Å². The first-order valence-electron chi connectivity index (χ1n) is 6.64. The van der Waals surface area contributed by atoms with Crippen molar-refractivity contribution in [3.63, 3.8) is 0 Å². The lowest BCUT2D eigenvalue weighted by Crippen LogP contribution is -2.49. The molecule has 1 fully saturated rings. The van der Waals surface area contributed by atoms with Crippen molar-refractivity contribution in [3.05, 3.63) is 0 Å². The Morgan fingerprint density at radius 3 is 2.44 bits per heavy atom. The molecule has 1 atom stereocenters. The summed E-state index contributed by atoms with van der Waals surface area (Å²) in [5.41, 5.74) is -0.540. The van der Waals surface area contributed by atoms with Gasteiger partial charge >= 0.3 is 6.09 Å². The Kier molecular flexibility index (Phi) is 5.38. The molecule has 1 rings (SSSR count). The average Bonchev–Trinajstić information content (AvgIpc) is 2.24. The fraction of sp³-hybridized carbons (Fsp3) is 0.923. The smallest absolute Gasteiger partial charge is 0.410 e. The predicted molar refractivity (Wildman–Crippen MR) is 69.4 cm³/mol. The minimum Gasteiger partial charge on any atom is -0.444 e. The van der Waals surface area contributed by atoms with E-state index in [0.29, 0.717) is 0 Å². The molecule has 0 spiro atoms. The van der Waals surface area contributed by atoms with Crippen molar-refractivity contribution >= 4 is 6.09 Å². The van der Waals surface area contributed by atoms with Crippen LogP contribution in [-0.2, 0) is 4.74 Å². The quantitative estimate of drug-likeness (QED) is 0.847. The molecule has 106 valence electrons. The third-order valence-electron chi connectivity index (χ3n) is 2.83. The van der Waals surface area contributed by atoms with Gasteiger partial charge in [-0.1, -0.05) is 0 Å². The molecule has 0 aromatic rings. The summed E-state index contributed by atoms with van der Waals surface area (Å²) in [7, 11) is 0. The molecule has 0 aliphatic carbocycles. The van der Waals surface area contributed by atoms with Gasteiger partial charge in [-0.25, -0.2) is 9.18 Å². The number of hydrogen-bond acceptors (Lipinski definition) is 3. The number of nitrogens with zero attached hydrogens (tertiary/aromatic N) is 1. The summed E-state index contributed by atoms with van der Waals surface area (Å²) < 4.78 is 18.6. The van der Waals surface area contributed by atoms with Gasteiger partial charge in [0.1, 0.15) is 11.8 Å². The van der Waals surface area contributed by atoms with Crippen LogP contribution in [0.15, 0.2) is 0 Å². The number of rotatable bonds is 3. The molecule has 1 N–H and O–H groups in total. The van der Waals surface area contributed by atoms with E-state index in [-0.39, 0.29) is 12.6 Å². The highest BCUT2D eigenvalue weighted by Gasteiger charge is 2.30. The second kappa shape index (κ2) is 6.36. The fourth-order valence-electron chi connectivity index (χ4n) is 2.08. The first-order chi connectivity index (χ1) is 8.29. The van der Waals surface area contributed by atoms with Gasteiger partial charge in [0.05, 0.1) is 6.54 Å². The lowest BCUT2D eigenvalue weighted by atomic mass is 10.0. The van der Waals surface area contributed by atoms with E-state index in [1.54, 1.807) is 4.90 Å². The standard InChI is InChI=1S/C13H25FN2O2/c1-10(14)9-16(11-5-7-15-8-6-11)12(17)18-13(2,3)4/h10-11,15H,5-9H2,1-4H3. The number of alkyl halides is 1. The van der Waals surface area contributed by atoms with Crippen LogP contribution in [0.25, 0.3) is 0 Å². The van der Waals surface area contributed by atoms with E-state index >= 15 is 0 Å². The van der Waals surface area contributed by atoms with Crippen molar-refractivity contribution < 1.29 is 13.9 Å². The van der Waals surface area contributed by atoms with Crippen LogP contribution < -0.4 is 5.32 Å². The number of hydrogen-bond donors (Lipinski definition) is 1.